The second-order valence-electron chi connectivity index (χ2n) is 3.10. The lowest BCUT2D eigenvalue weighted by molar-refractivity contribution is -0.105. The van der Waals surface area contributed by atoms with Crippen molar-refractivity contribution in [3.8, 4) is 11.1 Å². The van der Waals surface area contributed by atoms with Crippen LogP contribution in [0.3, 0.4) is 0 Å². The lowest BCUT2D eigenvalue weighted by atomic mass is 10.1. The van der Waals surface area contributed by atoms with Crippen LogP contribution < -0.4 is 5.32 Å². The second-order valence-corrected chi connectivity index (χ2v) is 3.54. The Kier molecular flexibility index (Phi) is 3.12. The van der Waals surface area contributed by atoms with Gasteiger partial charge in [0.15, 0.2) is 5.82 Å². The summed E-state index contributed by atoms with van der Waals surface area (Å²) in [6, 6.07) is 9.11. The van der Waals surface area contributed by atoms with Gasteiger partial charge in [-0.15, -0.1) is 5.10 Å². The Morgan fingerprint density at radius 2 is 2.12 bits per heavy atom. The van der Waals surface area contributed by atoms with Crippen LogP contribution in [-0.4, -0.2) is 16.6 Å². The molecule has 1 aromatic carbocycles. The normalized spacial score (nSPS) is 9.81. The fourth-order valence-corrected chi connectivity index (χ4v) is 1.51. The van der Waals surface area contributed by atoms with Gasteiger partial charge in [-0.2, -0.15) is 5.10 Å². The van der Waals surface area contributed by atoms with Gasteiger partial charge in [0, 0.05) is 10.6 Å². The molecule has 0 spiro atoms. The summed E-state index contributed by atoms with van der Waals surface area (Å²) in [6.45, 7) is 0. The van der Waals surface area contributed by atoms with Gasteiger partial charge in [0.05, 0.1) is 6.20 Å². The Bertz CT molecular complexity index is 516. The zero-order chi connectivity index (χ0) is 11.4. The number of hydrogen-bond donors (Lipinski definition) is 1. The van der Waals surface area contributed by atoms with E-state index in [9.17, 15) is 4.79 Å². The van der Waals surface area contributed by atoms with E-state index in [1.807, 2.05) is 18.2 Å². The summed E-state index contributed by atoms with van der Waals surface area (Å²) in [5, 5.41) is 10.6. The highest BCUT2D eigenvalue weighted by atomic mass is 35.5. The van der Waals surface area contributed by atoms with Crippen molar-refractivity contribution in [3.63, 3.8) is 0 Å². The highest BCUT2D eigenvalue weighted by molar-refractivity contribution is 6.30. The molecule has 0 saturated carbocycles. The van der Waals surface area contributed by atoms with Crippen molar-refractivity contribution in [2.45, 2.75) is 0 Å². The standard InChI is InChI=1S/C11H8ClN3O/c12-10-3-1-2-8(4-10)9-5-11(13-7-16)15-14-6-9/h1-7H,(H,13,15,16). The zero-order valence-corrected chi connectivity index (χ0v) is 8.98. The molecule has 0 unspecified atom stereocenters. The Balaban J connectivity index is 2.40. The van der Waals surface area contributed by atoms with E-state index in [2.05, 4.69) is 15.5 Å². The van der Waals surface area contributed by atoms with Crippen LogP contribution in [0.15, 0.2) is 36.5 Å². The van der Waals surface area contributed by atoms with Gasteiger partial charge in [-0.25, -0.2) is 0 Å². The van der Waals surface area contributed by atoms with Gasteiger partial charge in [-0.1, -0.05) is 23.7 Å². The molecule has 2 aromatic rings. The number of benzene rings is 1. The number of nitrogens with zero attached hydrogens (tertiary/aromatic N) is 2. The molecule has 0 aliphatic heterocycles. The summed E-state index contributed by atoms with van der Waals surface area (Å²) in [5.74, 6) is 0.410. The lowest BCUT2D eigenvalue weighted by Crippen LogP contribution is -1.98. The van der Waals surface area contributed by atoms with Crippen LogP contribution in [0.25, 0.3) is 11.1 Å². The Morgan fingerprint density at radius 1 is 1.25 bits per heavy atom. The Hall–Kier alpha value is -1.94. The summed E-state index contributed by atoms with van der Waals surface area (Å²) in [6.07, 6.45) is 2.17. The molecule has 0 radical (unpaired) electrons. The second kappa shape index (κ2) is 4.72. The molecule has 0 bridgehead atoms. The van der Waals surface area contributed by atoms with Gasteiger partial charge in [0.1, 0.15) is 0 Å². The van der Waals surface area contributed by atoms with E-state index >= 15 is 0 Å². The van der Waals surface area contributed by atoms with E-state index in [0.717, 1.165) is 11.1 Å². The van der Waals surface area contributed by atoms with E-state index in [-0.39, 0.29) is 0 Å². The van der Waals surface area contributed by atoms with E-state index in [1.165, 1.54) is 0 Å². The molecule has 16 heavy (non-hydrogen) atoms. The minimum Gasteiger partial charge on any atom is -0.312 e. The number of amides is 1. The van der Waals surface area contributed by atoms with Crippen molar-refractivity contribution < 1.29 is 4.79 Å². The molecule has 0 saturated heterocycles. The monoisotopic (exact) mass is 233 g/mol. The Labute approximate surface area is 97.3 Å². The highest BCUT2D eigenvalue weighted by Gasteiger charge is 2.01. The largest absolute Gasteiger partial charge is 0.312 e. The van der Waals surface area contributed by atoms with Gasteiger partial charge < -0.3 is 5.32 Å². The predicted octanol–water partition coefficient (Wildman–Crippen LogP) is 2.37. The number of anilines is 1. The van der Waals surface area contributed by atoms with Crippen LogP contribution >= 0.6 is 11.6 Å². The molecule has 2 rings (SSSR count). The van der Waals surface area contributed by atoms with Crippen LogP contribution in [0.4, 0.5) is 5.82 Å². The number of halogens is 1. The third-order valence-electron chi connectivity index (χ3n) is 2.02. The van der Waals surface area contributed by atoms with E-state index in [4.69, 9.17) is 11.6 Å². The van der Waals surface area contributed by atoms with Crippen molar-refractivity contribution in [3.05, 3.63) is 41.6 Å². The zero-order valence-electron chi connectivity index (χ0n) is 8.22. The molecule has 1 heterocycles. The number of aromatic nitrogens is 2. The fraction of sp³-hybridized carbons (Fsp3) is 0. The molecule has 0 aliphatic carbocycles. The maximum Gasteiger partial charge on any atom is 0.212 e. The Morgan fingerprint density at radius 3 is 2.88 bits per heavy atom. The summed E-state index contributed by atoms with van der Waals surface area (Å²) >= 11 is 5.89. The first-order chi connectivity index (χ1) is 7.79. The number of hydrogen-bond acceptors (Lipinski definition) is 3. The van der Waals surface area contributed by atoms with Crippen LogP contribution in [-0.2, 0) is 4.79 Å². The quantitative estimate of drug-likeness (QED) is 0.828. The van der Waals surface area contributed by atoms with Gasteiger partial charge >= 0.3 is 0 Å². The summed E-state index contributed by atoms with van der Waals surface area (Å²) in [4.78, 5) is 10.3. The lowest BCUT2D eigenvalue weighted by Gasteiger charge is -2.02. The topological polar surface area (TPSA) is 54.9 Å². The first-order valence-corrected chi connectivity index (χ1v) is 4.96. The van der Waals surface area contributed by atoms with E-state index in [0.29, 0.717) is 17.3 Å². The van der Waals surface area contributed by atoms with Gasteiger partial charge in [-0.05, 0) is 23.8 Å². The minimum absolute atomic E-state index is 0.410. The molecule has 5 heteroatoms. The number of rotatable bonds is 3. The van der Waals surface area contributed by atoms with Crippen LogP contribution in [0.2, 0.25) is 5.02 Å². The molecular weight excluding hydrogens is 226 g/mol. The molecule has 0 atom stereocenters. The predicted molar refractivity (Wildman–Crippen MR) is 62.2 cm³/mol. The maximum absolute atomic E-state index is 10.3. The molecule has 0 aliphatic rings. The molecule has 1 aromatic heterocycles. The van der Waals surface area contributed by atoms with Crippen molar-refractivity contribution in [1.82, 2.24) is 10.2 Å². The first-order valence-electron chi connectivity index (χ1n) is 4.58. The summed E-state index contributed by atoms with van der Waals surface area (Å²) < 4.78 is 0. The van der Waals surface area contributed by atoms with Crippen LogP contribution in [0.5, 0.6) is 0 Å². The fourth-order valence-electron chi connectivity index (χ4n) is 1.32. The molecule has 1 N–H and O–H groups in total. The third kappa shape index (κ3) is 2.35. The number of nitrogens with one attached hydrogen (secondary N) is 1. The molecular formula is C11H8ClN3O. The van der Waals surface area contributed by atoms with Crippen LogP contribution in [0, 0.1) is 0 Å². The van der Waals surface area contributed by atoms with E-state index in [1.54, 1.807) is 18.3 Å². The molecule has 0 fully saturated rings. The average Bonchev–Trinajstić information content (AvgIpc) is 2.30. The third-order valence-corrected chi connectivity index (χ3v) is 2.25. The summed E-state index contributed by atoms with van der Waals surface area (Å²) in [7, 11) is 0. The first kappa shape index (κ1) is 10.6. The van der Waals surface area contributed by atoms with Gasteiger partial charge in [-0.3, -0.25) is 4.79 Å². The van der Waals surface area contributed by atoms with Gasteiger partial charge in [0.2, 0.25) is 6.41 Å². The average molecular weight is 234 g/mol. The maximum atomic E-state index is 10.3. The summed E-state index contributed by atoms with van der Waals surface area (Å²) in [5.41, 5.74) is 1.78. The van der Waals surface area contributed by atoms with E-state index < -0.39 is 0 Å². The molecule has 80 valence electrons. The van der Waals surface area contributed by atoms with Crippen molar-refractivity contribution in [2.75, 3.05) is 5.32 Å². The molecule has 4 nitrogen and oxygen atoms in total. The van der Waals surface area contributed by atoms with Crippen molar-refractivity contribution in [1.29, 1.82) is 0 Å². The van der Waals surface area contributed by atoms with Gasteiger partial charge in [0.25, 0.3) is 0 Å². The van der Waals surface area contributed by atoms with Crippen LogP contribution in [0.1, 0.15) is 0 Å². The SMILES string of the molecule is O=CNc1cc(-c2cccc(Cl)c2)cnn1. The minimum atomic E-state index is 0.410. The smallest absolute Gasteiger partial charge is 0.212 e. The van der Waals surface area contributed by atoms with Crippen molar-refractivity contribution >= 4 is 23.8 Å². The van der Waals surface area contributed by atoms with Crippen molar-refractivity contribution in [2.24, 2.45) is 0 Å². The number of carbonyl (C=O) groups is 1. The highest BCUT2D eigenvalue weighted by Crippen LogP contribution is 2.22. The number of carbonyl (C=O) groups excluding carboxylic acids is 1. The molecule has 1 amide bonds.